The second-order valence-electron chi connectivity index (χ2n) is 3.67. The maximum absolute atomic E-state index is 11.3. The fraction of sp³-hybridized carbons (Fsp3) is 0.667. The molecule has 8 heteroatoms. The molecule has 98 valence electrons. The maximum Gasteiger partial charge on any atom is 0.370 e. The lowest BCUT2D eigenvalue weighted by Gasteiger charge is -2.26. The molecule has 0 rings (SSSR count). The van der Waals surface area contributed by atoms with Gasteiger partial charge in [0.1, 0.15) is 6.04 Å². The van der Waals surface area contributed by atoms with Crippen molar-refractivity contribution in [3.63, 3.8) is 0 Å². The van der Waals surface area contributed by atoms with Crippen molar-refractivity contribution in [3.8, 4) is 0 Å². The first-order chi connectivity index (χ1) is 7.66. The van der Waals surface area contributed by atoms with Crippen LogP contribution in [0.15, 0.2) is 0 Å². The van der Waals surface area contributed by atoms with Crippen molar-refractivity contribution >= 4 is 29.0 Å². The van der Waals surface area contributed by atoms with Gasteiger partial charge in [0.15, 0.2) is 0 Å². The van der Waals surface area contributed by atoms with Gasteiger partial charge in [0, 0.05) is 11.7 Å². The number of aliphatic carboxylic acids is 1. The third-order valence-corrected chi connectivity index (χ3v) is 2.86. The molecule has 0 aromatic heterocycles. The number of carboxylic acids is 1. The van der Waals surface area contributed by atoms with Crippen LogP contribution in [0.3, 0.4) is 0 Å². The number of carbonyl (C=O) groups is 3. The van der Waals surface area contributed by atoms with E-state index in [1.807, 2.05) is 0 Å². The first kappa shape index (κ1) is 15.7. The first-order valence-electron chi connectivity index (χ1n) is 4.64. The van der Waals surface area contributed by atoms with Gasteiger partial charge < -0.3 is 20.3 Å². The number of rotatable bonds is 5. The van der Waals surface area contributed by atoms with Crippen LogP contribution in [0, 0.1) is 0 Å². The summed E-state index contributed by atoms with van der Waals surface area (Å²) in [5.74, 6) is -1.79. The van der Waals surface area contributed by atoms with E-state index < -0.39 is 34.8 Å². The molecule has 0 aliphatic heterocycles. The fourth-order valence-electron chi connectivity index (χ4n) is 0.766. The van der Waals surface area contributed by atoms with E-state index >= 15 is 0 Å². The molecule has 0 saturated carbocycles. The Morgan fingerprint density at radius 3 is 2.29 bits per heavy atom. The second-order valence-corrected chi connectivity index (χ2v) is 5.26. The molecule has 0 aliphatic rings. The molecule has 0 aromatic carbocycles. The van der Waals surface area contributed by atoms with E-state index in [2.05, 4.69) is 9.47 Å². The number of ether oxygens (including phenoxy) is 2. The predicted octanol–water partition coefficient (Wildman–Crippen LogP) is 0.567. The van der Waals surface area contributed by atoms with Crippen LogP contribution in [-0.2, 0) is 19.1 Å². The Labute approximate surface area is 103 Å². The quantitative estimate of drug-likeness (QED) is 0.547. The smallest absolute Gasteiger partial charge is 0.370 e. The molecule has 17 heavy (non-hydrogen) atoms. The Kier molecular flexibility index (Phi) is 5.97. The van der Waals surface area contributed by atoms with Gasteiger partial charge in [-0.25, -0.2) is 4.79 Å². The molecular formula is C9H15NO6S. The predicted molar refractivity (Wildman–Crippen MR) is 60.4 cm³/mol. The molecule has 7 nitrogen and oxygen atoms in total. The van der Waals surface area contributed by atoms with E-state index in [-0.39, 0.29) is 0 Å². The van der Waals surface area contributed by atoms with Crippen LogP contribution in [0.1, 0.15) is 20.8 Å². The summed E-state index contributed by atoms with van der Waals surface area (Å²) in [6.45, 7) is 3.68. The highest BCUT2D eigenvalue weighted by molar-refractivity contribution is 8.14. The zero-order valence-corrected chi connectivity index (χ0v) is 10.6. The van der Waals surface area contributed by atoms with E-state index in [4.69, 9.17) is 10.8 Å². The average Bonchev–Trinajstić information content (AvgIpc) is 2.14. The van der Waals surface area contributed by atoms with E-state index in [1.54, 1.807) is 0 Å². The highest BCUT2D eigenvalue weighted by atomic mass is 32.2. The molecule has 0 saturated heterocycles. The first-order valence-corrected chi connectivity index (χ1v) is 5.46. The average molecular weight is 265 g/mol. The van der Waals surface area contributed by atoms with Gasteiger partial charge in [-0.05, 0) is 25.6 Å². The van der Waals surface area contributed by atoms with Crippen molar-refractivity contribution in [2.24, 2.45) is 5.73 Å². The van der Waals surface area contributed by atoms with Crippen LogP contribution in [0.25, 0.3) is 0 Å². The molecule has 0 radical (unpaired) electrons. The highest BCUT2D eigenvalue weighted by Gasteiger charge is 2.35. The molecule has 0 unspecified atom stereocenters. The largest absolute Gasteiger partial charge is 0.480 e. The van der Waals surface area contributed by atoms with E-state index in [0.717, 1.165) is 0 Å². The van der Waals surface area contributed by atoms with Crippen LogP contribution in [0.5, 0.6) is 0 Å². The topological polar surface area (TPSA) is 116 Å². The van der Waals surface area contributed by atoms with Gasteiger partial charge in [-0.1, -0.05) is 0 Å². The summed E-state index contributed by atoms with van der Waals surface area (Å²) in [5, 5.41) is 7.96. The van der Waals surface area contributed by atoms with Gasteiger partial charge in [-0.15, -0.1) is 0 Å². The molecule has 1 atom stereocenters. The number of carbonyl (C=O) groups excluding carboxylic acids is 2. The molecule has 0 heterocycles. The summed E-state index contributed by atoms with van der Waals surface area (Å²) in [6, 6.07) is -1.21. The minimum Gasteiger partial charge on any atom is -0.480 e. The third kappa shape index (κ3) is 6.12. The highest BCUT2D eigenvalue weighted by Crippen LogP contribution is 2.29. The molecule has 0 fully saturated rings. The lowest BCUT2D eigenvalue weighted by molar-refractivity contribution is -0.148. The van der Waals surface area contributed by atoms with Crippen molar-refractivity contribution in [2.45, 2.75) is 31.6 Å². The van der Waals surface area contributed by atoms with Gasteiger partial charge in [0.25, 0.3) is 0 Å². The van der Waals surface area contributed by atoms with Gasteiger partial charge >= 0.3 is 17.2 Å². The number of carboxylic acid groups (broad SMARTS) is 1. The number of hydrogen-bond acceptors (Lipinski definition) is 7. The monoisotopic (exact) mass is 265 g/mol. The van der Waals surface area contributed by atoms with E-state index in [0.29, 0.717) is 11.8 Å². The summed E-state index contributed by atoms with van der Waals surface area (Å²) >= 11 is 0.632. The normalized spacial score (nSPS) is 12.7. The standard InChI is InChI=1S/C9H15NO6S/c1-5(11)15-4-16-8(14)17-9(2,3)6(10)7(12)13/h6H,4,10H2,1-3H3,(H,12,13)/t6-/m0/s1. The lowest BCUT2D eigenvalue weighted by atomic mass is 10.1. The Bertz CT molecular complexity index is 317. The molecule has 0 spiro atoms. The summed E-state index contributed by atoms with van der Waals surface area (Å²) < 4.78 is 7.91. The van der Waals surface area contributed by atoms with Gasteiger partial charge in [0.05, 0.1) is 0 Å². The van der Waals surface area contributed by atoms with Crippen LogP contribution in [-0.4, -0.2) is 39.9 Å². The van der Waals surface area contributed by atoms with Crippen LogP contribution in [0.2, 0.25) is 0 Å². The van der Waals surface area contributed by atoms with Crippen LogP contribution < -0.4 is 5.73 Å². The van der Waals surface area contributed by atoms with Crippen molar-refractivity contribution in [1.29, 1.82) is 0 Å². The molecule has 0 aliphatic carbocycles. The van der Waals surface area contributed by atoms with Gasteiger partial charge in [0.2, 0.25) is 6.79 Å². The zero-order chi connectivity index (χ0) is 13.6. The van der Waals surface area contributed by atoms with Crippen LogP contribution in [0.4, 0.5) is 4.79 Å². The summed E-state index contributed by atoms with van der Waals surface area (Å²) in [7, 11) is 0. The molecule has 0 aromatic rings. The fourth-order valence-corrected chi connectivity index (χ4v) is 1.53. The maximum atomic E-state index is 11.3. The van der Waals surface area contributed by atoms with E-state index in [9.17, 15) is 14.4 Å². The minimum atomic E-state index is -1.21. The summed E-state index contributed by atoms with van der Waals surface area (Å²) in [5.41, 5.74) is 5.41. The number of thioether (sulfide) groups is 1. The Balaban J connectivity index is 4.18. The van der Waals surface area contributed by atoms with Crippen LogP contribution >= 0.6 is 11.8 Å². The summed E-state index contributed by atoms with van der Waals surface area (Å²) in [4.78, 5) is 32.3. The summed E-state index contributed by atoms with van der Waals surface area (Å²) in [6.07, 6.45) is 0. The van der Waals surface area contributed by atoms with Crippen molar-refractivity contribution in [1.82, 2.24) is 0 Å². The Morgan fingerprint density at radius 1 is 1.35 bits per heavy atom. The third-order valence-electron chi connectivity index (χ3n) is 1.80. The number of nitrogens with two attached hydrogens (primary N) is 1. The van der Waals surface area contributed by atoms with Crippen molar-refractivity contribution < 1.29 is 29.0 Å². The van der Waals surface area contributed by atoms with Gasteiger partial charge in [-0.2, -0.15) is 0 Å². The Morgan fingerprint density at radius 2 is 1.88 bits per heavy atom. The minimum absolute atomic E-state index is 0.500. The van der Waals surface area contributed by atoms with Gasteiger partial charge in [-0.3, -0.25) is 9.59 Å². The van der Waals surface area contributed by atoms with Crippen molar-refractivity contribution in [3.05, 3.63) is 0 Å². The second kappa shape index (κ2) is 6.45. The van der Waals surface area contributed by atoms with E-state index in [1.165, 1.54) is 20.8 Å². The van der Waals surface area contributed by atoms with Crippen molar-refractivity contribution in [2.75, 3.05) is 6.79 Å². The zero-order valence-electron chi connectivity index (χ0n) is 9.76. The number of hydrogen-bond donors (Lipinski definition) is 2. The Hall–Kier alpha value is -1.28. The molecular weight excluding hydrogens is 250 g/mol. The SMILES string of the molecule is CC(=O)OCOC(=O)SC(C)(C)[C@@H](N)C(=O)O. The lowest BCUT2D eigenvalue weighted by Crippen LogP contribution is -2.47. The molecule has 3 N–H and O–H groups in total. The number of esters is 1. The molecule has 0 bridgehead atoms. The molecule has 0 amide bonds.